The van der Waals surface area contributed by atoms with E-state index in [1.165, 1.54) is 4.90 Å². The molecule has 5 heteroatoms. The molecule has 0 spiro atoms. The molecule has 1 aliphatic heterocycles. The van der Waals surface area contributed by atoms with Crippen molar-refractivity contribution in [2.45, 2.75) is 18.6 Å². The highest BCUT2D eigenvalue weighted by molar-refractivity contribution is 5.83. The average molecular weight is 311 g/mol. The lowest BCUT2D eigenvalue weighted by atomic mass is 9.83. The van der Waals surface area contributed by atoms with Crippen LogP contribution in [0.25, 0.3) is 0 Å². The lowest BCUT2D eigenvalue weighted by molar-refractivity contribution is -0.148. The molecule has 1 fully saturated rings. The number of carbonyl (C=O) groups excluding carboxylic acids is 1. The van der Waals surface area contributed by atoms with Crippen LogP contribution in [0.3, 0.4) is 0 Å². The molecule has 0 aliphatic carbocycles. The van der Waals surface area contributed by atoms with Crippen LogP contribution in [0.15, 0.2) is 60.7 Å². The van der Waals surface area contributed by atoms with Gasteiger partial charge in [-0.3, -0.25) is 4.90 Å². The Balaban J connectivity index is 1.64. The molecule has 5 nitrogen and oxygen atoms in total. The Morgan fingerprint density at radius 1 is 1.04 bits per heavy atom. The van der Waals surface area contributed by atoms with Gasteiger partial charge in [-0.15, -0.1) is 0 Å². The van der Waals surface area contributed by atoms with E-state index in [0.29, 0.717) is 6.54 Å². The van der Waals surface area contributed by atoms with Crippen LogP contribution in [0, 0.1) is 0 Å². The van der Waals surface area contributed by atoms with Crippen LogP contribution in [0.5, 0.6) is 0 Å². The third-order valence-electron chi connectivity index (χ3n) is 4.03. The zero-order valence-electron chi connectivity index (χ0n) is 12.5. The second kappa shape index (κ2) is 6.52. The Kier molecular flexibility index (Phi) is 4.28. The molecule has 1 heterocycles. The predicted octanol–water partition coefficient (Wildman–Crippen LogP) is 2.88. The number of likely N-dealkylation sites (tertiary alicyclic amines) is 1. The maximum Gasteiger partial charge on any atom is 0.410 e. The van der Waals surface area contributed by atoms with Crippen LogP contribution < -0.4 is 0 Å². The first-order valence-electron chi connectivity index (χ1n) is 7.42. The summed E-state index contributed by atoms with van der Waals surface area (Å²) in [6.07, 6.45) is -0.589. The predicted molar refractivity (Wildman–Crippen MR) is 83.9 cm³/mol. The van der Waals surface area contributed by atoms with Crippen LogP contribution in [0.1, 0.15) is 17.0 Å². The number of carbonyl (C=O) groups is 2. The van der Waals surface area contributed by atoms with Crippen molar-refractivity contribution in [1.82, 2.24) is 4.90 Å². The molecule has 2 atom stereocenters. The van der Waals surface area contributed by atoms with Gasteiger partial charge in [0.1, 0.15) is 12.6 Å². The number of amides is 1. The summed E-state index contributed by atoms with van der Waals surface area (Å²) in [4.78, 5) is 24.9. The lowest BCUT2D eigenvalue weighted by Gasteiger charge is -2.44. The summed E-state index contributed by atoms with van der Waals surface area (Å²) in [6.45, 7) is 0.493. The van der Waals surface area contributed by atoms with Gasteiger partial charge in [-0.2, -0.15) is 0 Å². The molecular formula is C18H17NO4. The molecule has 1 N–H and O–H groups in total. The number of nitrogens with zero attached hydrogens (tertiary/aromatic N) is 1. The standard InChI is InChI=1S/C18H17NO4/c20-17(21)16-15(14-9-5-2-6-10-14)11-19(16)18(22)23-12-13-7-3-1-4-8-13/h1-10,15-16H,11-12H2,(H,20,21)/t15-,16+/m1/s1. The molecule has 118 valence electrons. The maximum atomic E-state index is 12.1. The maximum absolute atomic E-state index is 12.1. The van der Waals surface area contributed by atoms with E-state index in [1.54, 1.807) is 0 Å². The first kappa shape index (κ1) is 15.1. The van der Waals surface area contributed by atoms with Gasteiger partial charge >= 0.3 is 12.1 Å². The Bertz CT molecular complexity index is 687. The third-order valence-corrected chi connectivity index (χ3v) is 4.03. The monoisotopic (exact) mass is 311 g/mol. The number of aliphatic carboxylic acids is 1. The van der Waals surface area contributed by atoms with Crippen molar-refractivity contribution in [3.05, 3.63) is 71.8 Å². The summed E-state index contributed by atoms with van der Waals surface area (Å²) >= 11 is 0. The Hall–Kier alpha value is -2.82. The summed E-state index contributed by atoms with van der Waals surface area (Å²) in [7, 11) is 0. The molecule has 23 heavy (non-hydrogen) atoms. The van der Waals surface area contributed by atoms with Crippen molar-refractivity contribution >= 4 is 12.1 Å². The lowest BCUT2D eigenvalue weighted by Crippen LogP contribution is -2.60. The Morgan fingerprint density at radius 3 is 2.26 bits per heavy atom. The molecule has 2 aromatic rings. The molecule has 1 aliphatic rings. The molecule has 2 aromatic carbocycles. The number of hydrogen-bond donors (Lipinski definition) is 1. The van der Waals surface area contributed by atoms with Gasteiger partial charge in [-0.25, -0.2) is 9.59 Å². The Morgan fingerprint density at radius 2 is 1.65 bits per heavy atom. The number of rotatable bonds is 4. The highest BCUT2D eigenvalue weighted by Crippen LogP contribution is 2.34. The minimum absolute atomic E-state index is 0.137. The van der Waals surface area contributed by atoms with E-state index in [0.717, 1.165) is 11.1 Å². The van der Waals surface area contributed by atoms with E-state index in [2.05, 4.69) is 0 Å². The van der Waals surface area contributed by atoms with Crippen molar-refractivity contribution in [2.75, 3.05) is 6.54 Å². The normalized spacial score (nSPS) is 19.7. The molecule has 0 aromatic heterocycles. The molecule has 0 unspecified atom stereocenters. The smallest absolute Gasteiger partial charge is 0.410 e. The molecule has 1 amide bonds. The largest absolute Gasteiger partial charge is 0.480 e. The highest BCUT2D eigenvalue weighted by Gasteiger charge is 2.48. The molecule has 1 saturated heterocycles. The van der Waals surface area contributed by atoms with Crippen molar-refractivity contribution < 1.29 is 19.4 Å². The highest BCUT2D eigenvalue weighted by atomic mass is 16.6. The number of carboxylic acid groups (broad SMARTS) is 1. The SMILES string of the molecule is O=C(O)[C@@H]1[C@@H](c2ccccc2)CN1C(=O)OCc1ccccc1. The molecular weight excluding hydrogens is 294 g/mol. The number of ether oxygens (including phenoxy) is 1. The number of hydrogen-bond acceptors (Lipinski definition) is 3. The molecule has 3 rings (SSSR count). The number of carboxylic acids is 1. The van der Waals surface area contributed by atoms with E-state index in [1.807, 2.05) is 60.7 Å². The summed E-state index contributed by atoms with van der Waals surface area (Å²) in [5.41, 5.74) is 1.79. The molecule has 0 radical (unpaired) electrons. The summed E-state index contributed by atoms with van der Waals surface area (Å²) in [5.74, 6) is -1.21. The van der Waals surface area contributed by atoms with Gasteiger partial charge in [0.2, 0.25) is 0 Å². The van der Waals surface area contributed by atoms with Crippen molar-refractivity contribution in [3.63, 3.8) is 0 Å². The van der Waals surface area contributed by atoms with Gasteiger partial charge in [0.05, 0.1) is 0 Å². The van der Waals surface area contributed by atoms with Gasteiger partial charge in [0.25, 0.3) is 0 Å². The van der Waals surface area contributed by atoms with Gasteiger partial charge in [-0.05, 0) is 11.1 Å². The van der Waals surface area contributed by atoms with Gasteiger partial charge < -0.3 is 9.84 Å². The van der Waals surface area contributed by atoms with Gasteiger partial charge in [-0.1, -0.05) is 60.7 Å². The van der Waals surface area contributed by atoms with Crippen LogP contribution in [-0.4, -0.2) is 34.7 Å². The zero-order chi connectivity index (χ0) is 16.2. The van der Waals surface area contributed by atoms with Gasteiger partial charge in [0, 0.05) is 12.5 Å². The van der Waals surface area contributed by atoms with E-state index in [9.17, 15) is 14.7 Å². The average Bonchev–Trinajstić information content (AvgIpc) is 2.53. The summed E-state index contributed by atoms with van der Waals surface area (Å²) in [6, 6.07) is 17.8. The fourth-order valence-corrected chi connectivity index (χ4v) is 2.79. The second-order valence-corrected chi connectivity index (χ2v) is 5.49. The third kappa shape index (κ3) is 3.18. The van der Waals surface area contributed by atoms with Crippen LogP contribution in [-0.2, 0) is 16.1 Å². The van der Waals surface area contributed by atoms with Crippen molar-refractivity contribution in [2.24, 2.45) is 0 Å². The second-order valence-electron chi connectivity index (χ2n) is 5.49. The molecule has 0 bridgehead atoms. The minimum Gasteiger partial charge on any atom is -0.480 e. The van der Waals surface area contributed by atoms with Crippen LogP contribution in [0.2, 0.25) is 0 Å². The van der Waals surface area contributed by atoms with E-state index in [-0.39, 0.29) is 12.5 Å². The van der Waals surface area contributed by atoms with E-state index >= 15 is 0 Å². The zero-order valence-corrected chi connectivity index (χ0v) is 12.5. The summed E-state index contributed by atoms with van der Waals surface area (Å²) < 4.78 is 5.22. The first-order valence-corrected chi connectivity index (χ1v) is 7.42. The Labute approximate surface area is 134 Å². The van der Waals surface area contributed by atoms with Gasteiger partial charge in [0.15, 0.2) is 0 Å². The fourth-order valence-electron chi connectivity index (χ4n) is 2.79. The van der Waals surface area contributed by atoms with Crippen molar-refractivity contribution in [3.8, 4) is 0 Å². The first-order chi connectivity index (χ1) is 11.2. The van der Waals surface area contributed by atoms with E-state index < -0.39 is 18.1 Å². The quantitative estimate of drug-likeness (QED) is 0.943. The van der Waals surface area contributed by atoms with Crippen LogP contribution in [0.4, 0.5) is 4.79 Å². The molecule has 0 saturated carbocycles. The van der Waals surface area contributed by atoms with Crippen molar-refractivity contribution in [1.29, 1.82) is 0 Å². The fraction of sp³-hybridized carbons (Fsp3) is 0.222. The number of benzene rings is 2. The minimum atomic E-state index is -1.01. The van der Waals surface area contributed by atoms with E-state index in [4.69, 9.17) is 4.74 Å². The van der Waals surface area contributed by atoms with Crippen LogP contribution >= 0.6 is 0 Å². The topological polar surface area (TPSA) is 66.8 Å². The summed E-state index contributed by atoms with van der Waals surface area (Å²) in [5, 5.41) is 9.42.